The van der Waals surface area contributed by atoms with Gasteiger partial charge in [0.1, 0.15) is 24.4 Å². The summed E-state index contributed by atoms with van der Waals surface area (Å²) < 4.78 is 0. The number of Topliss-reactive ketones (excluding diaryl/α,β-unsaturated/α-hetero) is 2. The molecular weight excluding hydrogens is 316 g/mol. The summed E-state index contributed by atoms with van der Waals surface area (Å²) in [7, 11) is 0. The minimum atomic E-state index is -2.12. The molecule has 0 saturated heterocycles. The Labute approximate surface area is 142 Å². The second-order valence-electron chi connectivity index (χ2n) is 5.91. The van der Waals surface area contributed by atoms with Gasteiger partial charge in [-0.15, -0.1) is 6.58 Å². The zero-order chi connectivity index (χ0) is 18.5. The van der Waals surface area contributed by atoms with Crippen molar-refractivity contribution in [3.63, 3.8) is 0 Å². The maximum absolute atomic E-state index is 11.7. The van der Waals surface area contributed by atoms with Crippen molar-refractivity contribution in [3.8, 4) is 0 Å². The number of carbonyl (C=O) groups excluding carboxylic acids is 2. The molecule has 4 atom stereocenters. The highest BCUT2D eigenvalue weighted by Crippen LogP contribution is 2.11. The minimum Gasteiger partial charge on any atom is -0.394 e. The van der Waals surface area contributed by atoms with Gasteiger partial charge in [-0.05, 0) is 19.3 Å². The predicted molar refractivity (Wildman–Crippen MR) is 88.3 cm³/mol. The van der Waals surface area contributed by atoms with Crippen molar-refractivity contribution in [1.82, 2.24) is 0 Å². The van der Waals surface area contributed by atoms with Crippen LogP contribution >= 0.6 is 0 Å². The Morgan fingerprint density at radius 3 is 1.96 bits per heavy atom. The van der Waals surface area contributed by atoms with Crippen LogP contribution < -0.4 is 0 Å². The molecule has 0 aromatic rings. The van der Waals surface area contributed by atoms with E-state index >= 15 is 0 Å². The van der Waals surface area contributed by atoms with E-state index in [1.165, 1.54) is 0 Å². The van der Waals surface area contributed by atoms with Crippen LogP contribution in [0.15, 0.2) is 12.7 Å². The average Bonchev–Trinajstić information content (AvgIpc) is 2.60. The van der Waals surface area contributed by atoms with Gasteiger partial charge in [-0.2, -0.15) is 0 Å². The van der Waals surface area contributed by atoms with Crippen LogP contribution in [0, 0.1) is 0 Å². The molecule has 7 nitrogen and oxygen atoms in total. The molecule has 24 heavy (non-hydrogen) atoms. The molecule has 0 aromatic carbocycles. The van der Waals surface area contributed by atoms with Crippen LogP contribution in [-0.4, -0.2) is 68.1 Å². The predicted octanol–water partition coefficient (Wildman–Crippen LogP) is -0.133. The van der Waals surface area contributed by atoms with E-state index in [0.717, 1.165) is 38.5 Å². The lowest BCUT2D eigenvalue weighted by Crippen LogP contribution is -2.50. The first-order chi connectivity index (χ1) is 11.4. The third kappa shape index (κ3) is 8.65. The number of allylic oxidation sites excluding steroid dienone is 1. The van der Waals surface area contributed by atoms with E-state index in [2.05, 4.69) is 6.58 Å². The summed E-state index contributed by atoms with van der Waals surface area (Å²) >= 11 is 0. The Morgan fingerprint density at radius 1 is 0.875 bits per heavy atom. The molecule has 0 aromatic heterocycles. The zero-order valence-electron chi connectivity index (χ0n) is 14.0. The van der Waals surface area contributed by atoms with E-state index in [1.807, 2.05) is 6.08 Å². The van der Waals surface area contributed by atoms with Gasteiger partial charge < -0.3 is 25.5 Å². The van der Waals surface area contributed by atoms with Crippen LogP contribution in [0.25, 0.3) is 0 Å². The van der Waals surface area contributed by atoms with Gasteiger partial charge in [0.05, 0.1) is 6.61 Å². The SMILES string of the molecule is C=CCCCCCCCCC(=O)C(=O)[C@H](O)[C@@H](O)[C@H](O)[C@H](O)CO. The van der Waals surface area contributed by atoms with E-state index in [0.29, 0.717) is 6.42 Å². The first-order valence-electron chi connectivity index (χ1n) is 8.37. The molecule has 0 saturated carbocycles. The molecule has 0 aliphatic rings. The van der Waals surface area contributed by atoms with Crippen molar-refractivity contribution in [1.29, 1.82) is 0 Å². The van der Waals surface area contributed by atoms with Crippen molar-refractivity contribution >= 4 is 11.6 Å². The van der Waals surface area contributed by atoms with Crippen molar-refractivity contribution in [2.75, 3.05) is 6.61 Å². The summed E-state index contributed by atoms with van der Waals surface area (Å²) in [5, 5.41) is 46.4. The van der Waals surface area contributed by atoms with Gasteiger partial charge in [0.2, 0.25) is 11.6 Å². The lowest BCUT2D eigenvalue weighted by Gasteiger charge is -2.24. The van der Waals surface area contributed by atoms with Gasteiger partial charge in [-0.3, -0.25) is 9.59 Å². The smallest absolute Gasteiger partial charge is 0.229 e. The fourth-order valence-corrected chi connectivity index (χ4v) is 2.25. The molecule has 5 N–H and O–H groups in total. The van der Waals surface area contributed by atoms with Crippen LogP contribution in [0.1, 0.15) is 51.4 Å². The Kier molecular flexibility index (Phi) is 12.6. The Morgan fingerprint density at radius 2 is 1.42 bits per heavy atom. The summed E-state index contributed by atoms with van der Waals surface area (Å²) in [6, 6.07) is 0. The van der Waals surface area contributed by atoms with Crippen molar-refractivity contribution in [3.05, 3.63) is 12.7 Å². The van der Waals surface area contributed by atoms with Gasteiger partial charge in [0.15, 0.2) is 0 Å². The molecule has 0 radical (unpaired) electrons. The van der Waals surface area contributed by atoms with Crippen molar-refractivity contribution < 1.29 is 35.1 Å². The number of ketones is 2. The van der Waals surface area contributed by atoms with Crippen molar-refractivity contribution in [2.24, 2.45) is 0 Å². The Balaban J connectivity index is 4.05. The first kappa shape index (κ1) is 22.9. The summed E-state index contributed by atoms with van der Waals surface area (Å²) in [4.78, 5) is 23.4. The fourth-order valence-electron chi connectivity index (χ4n) is 2.25. The largest absolute Gasteiger partial charge is 0.394 e. The fraction of sp³-hybridized carbons (Fsp3) is 0.765. The number of hydrogen-bond donors (Lipinski definition) is 5. The lowest BCUT2D eigenvalue weighted by molar-refractivity contribution is -0.154. The minimum absolute atomic E-state index is 0.0338. The second-order valence-corrected chi connectivity index (χ2v) is 5.91. The van der Waals surface area contributed by atoms with E-state index in [4.69, 9.17) is 5.11 Å². The van der Waals surface area contributed by atoms with Crippen molar-refractivity contribution in [2.45, 2.75) is 75.8 Å². The number of unbranched alkanes of at least 4 members (excludes halogenated alkanes) is 6. The number of carbonyl (C=O) groups is 2. The molecule has 0 spiro atoms. The number of hydrogen-bond acceptors (Lipinski definition) is 7. The van der Waals surface area contributed by atoms with E-state index in [1.54, 1.807) is 0 Å². The monoisotopic (exact) mass is 346 g/mol. The molecule has 0 amide bonds. The summed E-state index contributed by atoms with van der Waals surface area (Å²) in [6.07, 6.45) is 0.527. The molecule has 140 valence electrons. The molecule has 0 aliphatic carbocycles. The number of aliphatic hydroxyl groups is 5. The van der Waals surface area contributed by atoms with Crippen LogP contribution in [0.5, 0.6) is 0 Å². The van der Waals surface area contributed by atoms with Gasteiger partial charge in [-0.25, -0.2) is 0 Å². The van der Waals surface area contributed by atoms with Gasteiger partial charge >= 0.3 is 0 Å². The molecule has 0 unspecified atom stereocenters. The maximum Gasteiger partial charge on any atom is 0.229 e. The highest BCUT2D eigenvalue weighted by molar-refractivity contribution is 6.38. The Bertz CT molecular complexity index is 383. The Hall–Kier alpha value is -1.12. The van der Waals surface area contributed by atoms with E-state index in [-0.39, 0.29) is 6.42 Å². The molecule has 0 fully saturated rings. The maximum atomic E-state index is 11.7. The first-order valence-corrected chi connectivity index (χ1v) is 8.37. The average molecular weight is 346 g/mol. The highest BCUT2D eigenvalue weighted by atomic mass is 16.4. The third-order valence-electron chi connectivity index (χ3n) is 3.86. The summed E-state index contributed by atoms with van der Waals surface area (Å²) in [5.74, 6) is -2.02. The van der Waals surface area contributed by atoms with Gasteiger partial charge in [-0.1, -0.05) is 31.8 Å². The van der Waals surface area contributed by atoms with Gasteiger partial charge in [0.25, 0.3) is 0 Å². The van der Waals surface area contributed by atoms with Crippen LogP contribution in [-0.2, 0) is 9.59 Å². The second kappa shape index (κ2) is 13.2. The molecule has 0 heterocycles. The van der Waals surface area contributed by atoms with E-state index < -0.39 is 42.6 Å². The normalized spacial score (nSPS) is 16.2. The highest BCUT2D eigenvalue weighted by Gasteiger charge is 2.36. The molecule has 0 rings (SSSR count). The quantitative estimate of drug-likeness (QED) is 0.158. The molecule has 0 aliphatic heterocycles. The summed E-state index contributed by atoms with van der Waals surface area (Å²) in [5.41, 5.74) is 0. The molecule has 0 bridgehead atoms. The molecule has 7 heteroatoms. The van der Waals surface area contributed by atoms with Crippen LogP contribution in [0.2, 0.25) is 0 Å². The van der Waals surface area contributed by atoms with E-state index in [9.17, 15) is 30.0 Å². The number of aliphatic hydroxyl groups excluding tert-OH is 5. The number of rotatable bonds is 15. The summed E-state index contributed by atoms with van der Waals surface area (Å²) in [6.45, 7) is 2.80. The van der Waals surface area contributed by atoms with Crippen LogP contribution in [0.4, 0.5) is 0 Å². The zero-order valence-corrected chi connectivity index (χ0v) is 14.0. The standard InChI is InChI=1S/C17H30O7/c1-2-3-4-5-6-7-8-9-10-12(19)14(21)16(23)17(24)15(22)13(20)11-18/h2,13,15-18,20,22-24H,1,3-11H2/t13-,15-,16+,17+/m1/s1. The molecular formula is C17H30O7. The van der Waals surface area contributed by atoms with Crippen LogP contribution in [0.3, 0.4) is 0 Å². The topological polar surface area (TPSA) is 135 Å². The third-order valence-corrected chi connectivity index (χ3v) is 3.86. The lowest BCUT2D eigenvalue weighted by atomic mass is 9.96. The van der Waals surface area contributed by atoms with Gasteiger partial charge in [0, 0.05) is 6.42 Å².